The van der Waals surface area contributed by atoms with E-state index < -0.39 is 0 Å². The number of fused-ring (bicyclic) bond motifs is 2. The molecule has 2 unspecified atom stereocenters. The van der Waals surface area contributed by atoms with E-state index in [0.717, 1.165) is 37.1 Å². The number of piperidine rings is 1. The van der Waals surface area contributed by atoms with Gasteiger partial charge in [0.05, 0.1) is 6.61 Å². The quantitative estimate of drug-likeness (QED) is 0.832. The largest absolute Gasteiger partial charge is 0.383 e. The Morgan fingerprint density at radius 3 is 2.54 bits per heavy atom. The first kappa shape index (κ1) is 17.4. The van der Waals surface area contributed by atoms with Crippen LogP contribution in [0, 0.1) is 13.8 Å². The number of ether oxygens (including phenoxy) is 1. The molecule has 2 aliphatic rings. The molecule has 2 heterocycles. The van der Waals surface area contributed by atoms with Crippen molar-refractivity contribution >= 4 is 5.91 Å². The number of nitrogens with zero attached hydrogens (tertiary/aromatic N) is 2. The van der Waals surface area contributed by atoms with E-state index in [1.54, 1.807) is 7.11 Å². The van der Waals surface area contributed by atoms with Gasteiger partial charge in [0, 0.05) is 44.4 Å². The van der Waals surface area contributed by atoms with E-state index in [4.69, 9.17) is 4.74 Å². The smallest absolute Gasteiger partial charge is 0.254 e. The molecule has 0 saturated carbocycles. The summed E-state index contributed by atoms with van der Waals surface area (Å²) in [6, 6.07) is 7.59. The molecule has 3 rings (SSSR count). The Kier molecular flexibility index (Phi) is 5.26. The van der Waals surface area contributed by atoms with Gasteiger partial charge < -0.3 is 9.64 Å². The number of carbonyl (C=O) groups is 1. The maximum Gasteiger partial charge on any atom is 0.254 e. The highest BCUT2D eigenvalue weighted by Gasteiger charge is 2.42. The van der Waals surface area contributed by atoms with E-state index in [-0.39, 0.29) is 5.91 Å². The van der Waals surface area contributed by atoms with Gasteiger partial charge in [-0.05, 0) is 56.7 Å². The fourth-order valence-corrected chi connectivity index (χ4v) is 4.46. The molecule has 2 atom stereocenters. The Labute approximate surface area is 145 Å². The number of methoxy groups -OCH3 is 1. The molecule has 4 nitrogen and oxygen atoms in total. The van der Waals surface area contributed by atoms with Crippen molar-refractivity contribution in [3.8, 4) is 0 Å². The maximum atomic E-state index is 13.0. The van der Waals surface area contributed by atoms with Gasteiger partial charge in [0.15, 0.2) is 0 Å². The summed E-state index contributed by atoms with van der Waals surface area (Å²) in [5, 5.41) is 0. The molecule has 1 aromatic rings. The monoisotopic (exact) mass is 330 g/mol. The van der Waals surface area contributed by atoms with Gasteiger partial charge in [0.1, 0.15) is 0 Å². The van der Waals surface area contributed by atoms with Crippen molar-refractivity contribution < 1.29 is 9.53 Å². The number of aryl methyl sites for hydroxylation is 1. The van der Waals surface area contributed by atoms with Gasteiger partial charge in [-0.25, -0.2) is 0 Å². The predicted octanol–water partition coefficient (Wildman–Crippen LogP) is 3.02. The number of amides is 1. The minimum atomic E-state index is 0.172. The number of hydrogen-bond acceptors (Lipinski definition) is 3. The number of carbonyl (C=O) groups excluding carboxylic acids is 1. The molecule has 132 valence electrons. The van der Waals surface area contributed by atoms with Crippen LogP contribution in [0.2, 0.25) is 0 Å². The highest BCUT2D eigenvalue weighted by molar-refractivity contribution is 5.96. The van der Waals surface area contributed by atoms with E-state index in [1.165, 1.54) is 18.4 Å². The highest BCUT2D eigenvalue weighted by Crippen LogP contribution is 2.37. The minimum absolute atomic E-state index is 0.172. The maximum absolute atomic E-state index is 13.0. The topological polar surface area (TPSA) is 32.8 Å². The molecular formula is C20H30N2O2. The van der Waals surface area contributed by atoms with Crippen LogP contribution in [-0.4, -0.2) is 61.1 Å². The SMILES string of the molecule is COCCN1C2CCC1CC(N(C)C(=O)c1cccc(C)c1C)C2. The summed E-state index contributed by atoms with van der Waals surface area (Å²) in [4.78, 5) is 17.6. The molecular weight excluding hydrogens is 300 g/mol. The van der Waals surface area contributed by atoms with Crippen molar-refractivity contribution in [2.45, 2.75) is 57.7 Å². The van der Waals surface area contributed by atoms with Crippen LogP contribution in [0.25, 0.3) is 0 Å². The fraction of sp³-hybridized carbons (Fsp3) is 0.650. The first-order valence-corrected chi connectivity index (χ1v) is 9.11. The fourth-order valence-electron chi connectivity index (χ4n) is 4.46. The summed E-state index contributed by atoms with van der Waals surface area (Å²) in [5.74, 6) is 0.172. The summed E-state index contributed by atoms with van der Waals surface area (Å²) < 4.78 is 5.26. The highest BCUT2D eigenvalue weighted by atomic mass is 16.5. The van der Waals surface area contributed by atoms with Gasteiger partial charge in [-0.1, -0.05) is 12.1 Å². The van der Waals surface area contributed by atoms with Crippen LogP contribution in [-0.2, 0) is 4.74 Å². The van der Waals surface area contributed by atoms with E-state index >= 15 is 0 Å². The zero-order valence-corrected chi connectivity index (χ0v) is 15.4. The predicted molar refractivity (Wildman–Crippen MR) is 96.4 cm³/mol. The van der Waals surface area contributed by atoms with Crippen molar-refractivity contribution in [2.24, 2.45) is 0 Å². The van der Waals surface area contributed by atoms with Crippen LogP contribution in [0.15, 0.2) is 18.2 Å². The average Bonchev–Trinajstić information content (AvgIpc) is 2.81. The first-order chi connectivity index (χ1) is 11.5. The standard InChI is InChI=1S/C20H30N2O2/c1-14-6-5-7-19(15(14)2)20(23)21(3)18-12-16-8-9-17(13-18)22(16)10-11-24-4/h5-7,16-18H,8-13H2,1-4H3. The molecule has 2 fully saturated rings. The third kappa shape index (κ3) is 3.22. The number of hydrogen-bond donors (Lipinski definition) is 0. The second-order valence-corrected chi connectivity index (χ2v) is 7.40. The minimum Gasteiger partial charge on any atom is -0.383 e. The second-order valence-electron chi connectivity index (χ2n) is 7.40. The molecule has 0 spiro atoms. The van der Waals surface area contributed by atoms with Crippen LogP contribution < -0.4 is 0 Å². The van der Waals surface area contributed by atoms with Crippen molar-refractivity contribution in [1.29, 1.82) is 0 Å². The Morgan fingerprint density at radius 2 is 1.92 bits per heavy atom. The van der Waals surface area contributed by atoms with Crippen LogP contribution in [0.3, 0.4) is 0 Å². The van der Waals surface area contributed by atoms with Crippen LogP contribution >= 0.6 is 0 Å². The Morgan fingerprint density at radius 1 is 1.25 bits per heavy atom. The van der Waals surface area contributed by atoms with Crippen molar-refractivity contribution in [3.05, 3.63) is 34.9 Å². The third-order valence-electron chi connectivity index (χ3n) is 6.12. The zero-order chi connectivity index (χ0) is 17.3. The van der Waals surface area contributed by atoms with E-state index in [9.17, 15) is 4.79 Å². The van der Waals surface area contributed by atoms with Gasteiger partial charge in [0.2, 0.25) is 0 Å². The van der Waals surface area contributed by atoms with Crippen molar-refractivity contribution in [2.75, 3.05) is 27.3 Å². The molecule has 1 amide bonds. The van der Waals surface area contributed by atoms with Gasteiger partial charge >= 0.3 is 0 Å². The molecule has 2 saturated heterocycles. The van der Waals surface area contributed by atoms with Gasteiger partial charge in [-0.2, -0.15) is 0 Å². The Hall–Kier alpha value is -1.39. The lowest BCUT2D eigenvalue weighted by Crippen LogP contribution is -2.51. The molecule has 0 aromatic heterocycles. The molecule has 24 heavy (non-hydrogen) atoms. The van der Waals surface area contributed by atoms with Gasteiger partial charge in [-0.15, -0.1) is 0 Å². The first-order valence-electron chi connectivity index (χ1n) is 9.11. The summed E-state index contributed by atoms with van der Waals surface area (Å²) in [7, 11) is 3.75. The average molecular weight is 330 g/mol. The van der Waals surface area contributed by atoms with E-state index in [1.807, 2.05) is 31.0 Å². The molecule has 0 aliphatic carbocycles. The van der Waals surface area contributed by atoms with E-state index in [0.29, 0.717) is 18.1 Å². The second kappa shape index (κ2) is 7.24. The molecule has 1 aromatic carbocycles. The lowest BCUT2D eigenvalue weighted by molar-refractivity contribution is 0.0405. The van der Waals surface area contributed by atoms with E-state index in [2.05, 4.69) is 17.9 Å². The molecule has 2 bridgehead atoms. The molecule has 0 N–H and O–H groups in total. The summed E-state index contributed by atoms with van der Waals surface area (Å²) in [6.07, 6.45) is 4.70. The zero-order valence-electron chi connectivity index (χ0n) is 15.4. The Bertz CT molecular complexity index is 587. The molecule has 0 radical (unpaired) electrons. The third-order valence-corrected chi connectivity index (χ3v) is 6.12. The summed E-state index contributed by atoms with van der Waals surface area (Å²) >= 11 is 0. The molecule has 4 heteroatoms. The van der Waals surface area contributed by atoms with Gasteiger partial charge in [0.25, 0.3) is 5.91 Å². The number of benzene rings is 1. The lowest BCUT2D eigenvalue weighted by Gasteiger charge is -2.42. The van der Waals surface area contributed by atoms with Crippen molar-refractivity contribution in [3.63, 3.8) is 0 Å². The van der Waals surface area contributed by atoms with Crippen LogP contribution in [0.5, 0.6) is 0 Å². The molecule has 2 aliphatic heterocycles. The van der Waals surface area contributed by atoms with Gasteiger partial charge in [-0.3, -0.25) is 9.69 Å². The number of rotatable bonds is 5. The summed E-state index contributed by atoms with van der Waals surface area (Å²) in [5.41, 5.74) is 3.14. The lowest BCUT2D eigenvalue weighted by atomic mass is 9.95. The Balaban J connectivity index is 1.69. The van der Waals surface area contributed by atoms with Crippen molar-refractivity contribution in [1.82, 2.24) is 9.80 Å². The van der Waals surface area contributed by atoms with Crippen LogP contribution in [0.1, 0.15) is 47.2 Å². The summed E-state index contributed by atoms with van der Waals surface area (Å²) in [6.45, 7) is 5.94. The normalized spacial score (nSPS) is 26.6. The van der Waals surface area contributed by atoms with Crippen LogP contribution in [0.4, 0.5) is 0 Å².